The van der Waals surface area contributed by atoms with E-state index in [1.807, 2.05) is 145 Å². The SMILES string of the molecule is CN1C=CN(Cc2[c-]c(CN3C=CN(C)[CH-]3)ccc2)[CH-]1.CN1C=CN(Cc2[c-]c(CN3C=CN(C)[CH-]3)ccc2)[CH-]1.CN1[CH-]N(Cc2[c-]c(CN3[CH-]N(C)c4ccccc43)ccc2)c2ccccc21.[Pt+4].[Pt+4].[Pt+4].[Pt+4].[c-]1c2cccc1CN1[CH-]N(CCC1)Cc1[c-]c(ccc1)CN1[CH-]N(CCC1)C2.[c-]1ccc(-c2c(-c3ccccc3)cccc2-c2ccccc2)cc1.[c-]1ccc(-c2ccccc2)cc1.[c-]1ccc(-c2ccccc2)cc1. The van der Waals surface area contributed by atoms with E-state index in [0.29, 0.717) is 0 Å². The van der Waals surface area contributed by atoms with Crippen molar-refractivity contribution in [1.29, 1.82) is 0 Å². The first kappa shape index (κ1) is 111. The fourth-order valence-corrected chi connectivity index (χ4v) is 18.8. The van der Waals surface area contributed by atoms with Crippen LogP contribution in [0.1, 0.15) is 68.5 Å². The van der Waals surface area contributed by atoms with Gasteiger partial charge in [-0.05, 0) is 260 Å². The van der Waals surface area contributed by atoms with Crippen molar-refractivity contribution in [3.8, 4) is 55.6 Å². The van der Waals surface area contributed by atoms with Gasteiger partial charge in [-0.3, -0.25) is 0 Å². The Bertz CT molecular complexity index is 6080. The standard InChI is InChI=1S/C24H23N4.C24H28N4.C24H17.2C16H19N4.2C12H9.4Pt/c1-25-17-27(23-12-5-3-10-21(23)25)15-19-8-7-9-20(14-19)16-28-18-26(2)22-11-4-6-13-24(22)28;1-5-21-13-22(6-1)16-26-10-4-12-28(20-26)18-24-8-2-7-23(14-24)17-27-11-3-9-25(15-21)19-27;1-4-11-19(12-5-1)22-17-10-18-23(20-13-6-2-7-14-20)24(22)21-15-8-3-9-16-21;2*1-17-6-8-19(13-17)11-15-4-3-5-16(10-15)12-20-9-7-18(2)14-20;2*1-3-7-11(8-4-1)12-9-5-2-6-10-12;;;;/h3-13,17-18H,15-16H2,1-2H3;1-2,5-8,19-20H,3-4,9-12,15-18H2;1-2,4-18H;2*3-9,13-14H,11-12H2,1-2H3;2*1,3-10H;;;;/q-3;-4;-1;2*-3;2*-1;4*+4. The third-order valence-electron chi connectivity index (χ3n) is 25.6. The second-order valence-electron chi connectivity index (χ2n) is 37.1. The summed E-state index contributed by atoms with van der Waals surface area (Å²) in [7, 11) is 12.3. The van der Waals surface area contributed by atoms with Crippen LogP contribution in [0.15, 0.2) is 401 Å². The summed E-state index contributed by atoms with van der Waals surface area (Å²) in [5, 5.41) is 0. The molecule has 148 heavy (non-hydrogen) atoms. The van der Waals surface area contributed by atoms with E-state index in [4.69, 9.17) is 0 Å². The summed E-state index contributed by atoms with van der Waals surface area (Å²) >= 11 is 0. The van der Waals surface area contributed by atoms with Gasteiger partial charge in [-0.25, -0.2) is 13.3 Å². The van der Waals surface area contributed by atoms with Gasteiger partial charge in [0.1, 0.15) is 0 Å². The molecule has 0 radical (unpaired) electrons. The molecule has 0 aromatic heterocycles. The maximum absolute atomic E-state index is 3.67. The number of para-hydroxylation sites is 4. The molecule has 2 fully saturated rings. The quantitative estimate of drug-likeness (QED) is 0.0813. The van der Waals surface area contributed by atoms with Gasteiger partial charge in [-0.1, -0.05) is 164 Å². The van der Waals surface area contributed by atoms with Crippen molar-refractivity contribution in [3.63, 3.8) is 0 Å². The molecule has 0 spiro atoms. The molecule has 15 aromatic rings. The first-order valence-electron chi connectivity index (χ1n) is 49.5. The van der Waals surface area contributed by atoms with Crippen molar-refractivity contribution in [2.45, 2.75) is 78.3 Å². The molecule has 8 bridgehead atoms. The second-order valence-corrected chi connectivity index (χ2v) is 37.1. The molecule has 15 aromatic carbocycles. The number of hydrogen-bond donors (Lipinski definition) is 0. The van der Waals surface area contributed by atoms with Crippen molar-refractivity contribution >= 4 is 22.7 Å². The molecule has 9 aliphatic heterocycles. The number of hydrogen-bond acceptors (Lipinski definition) is 16. The Morgan fingerprint density at radius 3 is 0.757 bits per heavy atom. The largest absolute Gasteiger partial charge is 4.00 e. The van der Waals surface area contributed by atoms with E-state index in [-0.39, 0.29) is 84.3 Å². The summed E-state index contributed by atoms with van der Waals surface area (Å²) in [5.74, 6) is 0. The molecular formula is C128H124N16Pt4. The van der Waals surface area contributed by atoms with Gasteiger partial charge in [-0.2, -0.15) is 275 Å². The first-order chi connectivity index (χ1) is 70.7. The van der Waals surface area contributed by atoms with E-state index in [1.165, 1.54) is 147 Å². The number of fused-ring (bicyclic) bond motifs is 10. The van der Waals surface area contributed by atoms with Crippen molar-refractivity contribution in [2.24, 2.45) is 0 Å². The Kier molecular flexibility index (Phi) is 42.6. The van der Waals surface area contributed by atoms with E-state index in [9.17, 15) is 0 Å². The molecule has 4 unspecified atom stereocenters. The molecule has 0 amide bonds. The maximum Gasteiger partial charge on any atom is 4.00 e. The Labute approximate surface area is 938 Å². The molecule has 4 atom stereocenters. The van der Waals surface area contributed by atoms with Gasteiger partial charge in [0.2, 0.25) is 0 Å². The first-order valence-corrected chi connectivity index (χ1v) is 49.5. The minimum absolute atomic E-state index is 0. The van der Waals surface area contributed by atoms with Gasteiger partial charge < -0.3 is 78.4 Å². The predicted octanol–water partition coefficient (Wildman–Crippen LogP) is 25.0. The van der Waals surface area contributed by atoms with Crippen molar-refractivity contribution in [3.05, 3.63) is 559 Å². The van der Waals surface area contributed by atoms with Gasteiger partial charge >= 0.3 is 84.3 Å². The number of rotatable bonds is 17. The van der Waals surface area contributed by atoms with Crippen molar-refractivity contribution in [1.82, 2.24) is 58.8 Å². The van der Waals surface area contributed by atoms with E-state index in [2.05, 4.69) is 479 Å². The van der Waals surface area contributed by atoms with Gasteiger partial charge in [0.25, 0.3) is 0 Å². The molecule has 20 heteroatoms. The Morgan fingerprint density at radius 1 is 0.216 bits per heavy atom. The fourth-order valence-electron chi connectivity index (χ4n) is 18.8. The summed E-state index contributed by atoms with van der Waals surface area (Å²) in [6, 6.07) is 149. The number of anilines is 4. The second kappa shape index (κ2) is 56.7. The van der Waals surface area contributed by atoms with Gasteiger partial charge in [0.15, 0.2) is 0 Å². The van der Waals surface area contributed by atoms with E-state index in [0.717, 1.165) is 91.6 Å². The van der Waals surface area contributed by atoms with Crippen LogP contribution in [0.25, 0.3) is 55.6 Å². The molecule has 24 rings (SSSR count). The third kappa shape index (κ3) is 32.2. The topological polar surface area (TPSA) is 51.8 Å². The number of benzene rings is 15. The van der Waals surface area contributed by atoms with Crippen LogP contribution in [-0.4, -0.2) is 127 Å². The van der Waals surface area contributed by atoms with Crippen LogP contribution in [0.2, 0.25) is 0 Å². The summed E-state index contributed by atoms with van der Waals surface area (Å²) in [5.41, 5.74) is 29.8. The summed E-state index contributed by atoms with van der Waals surface area (Å²) in [6.07, 6.45) is 18.9. The van der Waals surface area contributed by atoms with E-state index >= 15 is 0 Å². The molecule has 9 aliphatic rings. The van der Waals surface area contributed by atoms with Gasteiger partial charge in [-0.15, -0.1) is 50.1 Å². The predicted molar refractivity (Wildman–Crippen MR) is 587 cm³/mol. The van der Waals surface area contributed by atoms with E-state index < -0.39 is 0 Å². The zero-order chi connectivity index (χ0) is 98.4. The zero-order valence-corrected chi connectivity index (χ0v) is 93.5. The molecule has 0 aliphatic carbocycles. The maximum atomic E-state index is 3.67. The summed E-state index contributed by atoms with van der Waals surface area (Å²) in [6.45, 7) is 30.5. The normalized spacial score (nSPS) is 16.7. The van der Waals surface area contributed by atoms with Gasteiger partial charge in [0, 0.05) is 22.7 Å². The molecule has 9 heterocycles. The monoisotopic (exact) mass is 2660 g/mol. The van der Waals surface area contributed by atoms with Crippen LogP contribution in [0.3, 0.4) is 0 Å². The molecule has 2 saturated heterocycles. The summed E-state index contributed by atoms with van der Waals surface area (Å²) < 4.78 is 0. The molecule has 0 saturated carbocycles. The average molecular weight is 2670 g/mol. The van der Waals surface area contributed by atoms with Crippen molar-refractivity contribution < 1.29 is 84.3 Å². The zero-order valence-electron chi connectivity index (χ0n) is 84.5. The number of nitrogens with zero attached hydrogens (tertiary/aromatic N) is 16. The van der Waals surface area contributed by atoms with Crippen LogP contribution >= 0.6 is 0 Å². The average Bonchev–Trinajstić information content (AvgIpc) is 1.26. The van der Waals surface area contributed by atoms with Crippen LogP contribution in [0.4, 0.5) is 22.7 Å². The van der Waals surface area contributed by atoms with E-state index in [1.54, 1.807) is 0 Å². The molecule has 0 N–H and O–H groups in total. The smallest absolute Gasteiger partial charge is 0.511 e. The fraction of sp³-hybridized carbons (Fsp3) is 0.172. The minimum Gasteiger partial charge on any atom is -0.511 e. The van der Waals surface area contributed by atoms with Gasteiger partial charge in [0.05, 0.1) is 0 Å². The molecular weight excluding hydrogens is 2540 g/mol. The Hall–Kier alpha value is -12.5. The Morgan fingerprint density at radius 2 is 0.466 bits per heavy atom. The van der Waals surface area contributed by atoms with Crippen LogP contribution in [0.5, 0.6) is 0 Å². The molecule has 16 nitrogen and oxygen atoms in total. The van der Waals surface area contributed by atoms with Crippen LogP contribution in [-0.2, 0) is 150 Å². The van der Waals surface area contributed by atoms with Crippen LogP contribution in [0, 0.1) is 102 Å². The van der Waals surface area contributed by atoms with Crippen LogP contribution < -0.4 is 19.6 Å². The minimum atomic E-state index is 0. The molecule has 756 valence electrons. The Balaban J connectivity index is 0.000000138. The van der Waals surface area contributed by atoms with Crippen molar-refractivity contribution in [2.75, 3.05) is 88.1 Å². The third-order valence-corrected chi connectivity index (χ3v) is 25.6. The summed E-state index contributed by atoms with van der Waals surface area (Å²) in [4.78, 5) is 35.5.